The molecule has 0 saturated carbocycles. The summed E-state index contributed by atoms with van der Waals surface area (Å²) in [6.07, 6.45) is -0.0360. The number of rotatable bonds is 6. The molecule has 0 heterocycles. The maximum absolute atomic E-state index is 13.2. The minimum absolute atomic E-state index is 0.0360. The van der Waals surface area contributed by atoms with E-state index in [0.29, 0.717) is 18.2 Å². The van der Waals surface area contributed by atoms with Gasteiger partial charge in [0.15, 0.2) is 11.6 Å². The molecule has 0 aliphatic rings. The first-order valence-electron chi connectivity index (χ1n) is 5.82. The van der Waals surface area contributed by atoms with Crippen LogP contribution in [0.2, 0.25) is 0 Å². The van der Waals surface area contributed by atoms with Gasteiger partial charge in [-0.15, -0.1) is 0 Å². The van der Waals surface area contributed by atoms with Gasteiger partial charge in [-0.1, -0.05) is 13.8 Å². The summed E-state index contributed by atoms with van der Waals surface area (Å²) in [4.78, 5) is 12.3. The van der Waals surface area contributed by atoms with Gasteiger partial charge in [-0.25, -0.2) is 8.78 Å². The van der Waals surface area contributed by atoms with Crippen LogP contribution in [0.4, 0.5) is 14.5 Å². The molecule has 3 nitrogen and oxygen atoms in total. The van der Waals surface area contributed by atoms with Crippen LogP contribution in [0.25, 0.3) is 0 Å². The van der Waals surface area contributed by atoms with Gasteiger partial charge < -0.3 is 10.0 Å². The van der Waals surface area contributed by atoms with Crippen LogP contribution in [-0.4, -0.2) is 24.2 Å². The Morgan fingerprint density at radius 3 is 2.50 bits per heavy atom. The summed E-state index contributed by atoms with van der Waals surface area (Å²) < 4.78 is 26.0. The highest BCUT2D eigenvalue weighted by Gasteiger charge is 2.12. The Morgan fingerprint density at radius 2 is 2.00 bits per heavy atom. The van der Waals surface area contributed by atoms with Crippen molar-refractivity contribution < 1.29 is 18.7 Å². The van der Waals surface area contributed by atoms with Crippen LogP contribution in [0.15, 0.2) is 18.2 Å². The molecule has 1 aromatic rings. The Hall–Kier alpha value is -1.65. The molecule has 0 spiro atoms. The summed E-state index contributed by atoms with van der Waals surface area (Å²) in [5.41, 5.74) is 0.504. The van der Waals surface area contributed by atoms with Crippen molar-refractivity contribution in [3.05, 3.63) is 29.8 Å². The largest absolute Gasteiger partial charge is 0.481 e. The summed E-state index contributed by atoms with van der Waals surface area (Å²) in [5, 5.41) is 8.68. The van der Waals surface area contributed by atoms with Gasteiger partial charge in [0, 0.05) is 24.8 Å². The first kappa shape index (κ1) is 14.4. The van der Waals surface area contributed by atoms with Gasteiger partial charge in [-0.2, -0.15) is 0 Å². The van der Waals surface area contributed by atoms with Crippen molar-refractivity contribution in [2.75, 3.05) is 18.0 Å². The molecule has 0 saturated heterocycles. The smallest absolute Gasteiger partial charge is 0.305 e. The van der Waals surface area contributed by atoms with Gasteiger partial charge >= 0.3 is 5.97 Å². The molecule has 18 heavy (non-hydrogen) atoms. The highest BCUT2D eigenvalue weighted by Crippen LogP contribution is 2.19. The Kier molecular flexibility index (Phi) is 5.07. The van der Waals surface area contributed by atoms with Crippen LogP contribution in [0.1, 0.15) is 20.3 Å². The van der Waals surface area contributed by atoms with E-state index in [-0.39, 0.29) is 13.0 Å². The minimum Gasteiger partial charge on any atom is -0.481 e. The third-order valence-electron chi connectivity index (χ3n) is 2.45. The molecule has 0 atom stereocenters. The first-order valence-corrected chi connectivity index (χ1v) is 5.82. The Balaban J connectivity index is 2.86. The topological polar surface area (TPSA) is 40.5 Å². The fourth-order valence-electron chi connectivity index (χ4n) is 1.68. The summed E-state index contributed by atoms with van der Waals surface area (Å²) >= 11 is 0. The highest BCUT2D eigenvalue weighted by atomic mass is 19.2. The fraction of sp³-hybridized carbons (Fsp3) is 0.462. The van der Waals surface area contributed by atoms with Gasteiger partial charge in [-0.05, 0) is 18.1 Å². The van der Waals surface area contributed by atoms with Crippen LogP contribution < -0.4 is 4.90 Å². The maximum Gasteiger partial charge on any atom is 0.305 e. The van der Waals surface area contributed by atoms with Gasteiger partial charge in [-0.3, -0.25) is 4.79 Å². The Bertz CT molecular complexity index is 421. The number of hydrogen-bond donors (Lipinski definition) is 1. The predicted octanol–water partition coefficient (Wildman–Crippen LogP) is 2.90. The van der Waals surface area contributed by atoms with Crippen molar-refractivity contribution in [3.63, 3.8) is 0 Å². The number of aliphatic carboxylic acids is 1. The van der Waals surface area contributed by atoms with E-state index in [4.69, 9.17) is 5.11 Å². The van der Waals surface area contributed by atoms with Crippen molar-refractivity contribution in [1.29, 1.82) is 0 Å². The molecule has 5 heteroatoms. The lowest BCUT2D eigenvalue weighted by molar-refractivity contribution is -0.136. The molecule has 1 N–H and O–H groups in total. The molecule has 0 amide bonds. The van der Waals surface area contributed by atoms with E-state index in [1.165, 1.54) is 6.07 Å². The zero-order chi connectivity index (χ0) is 13.7. The molecule has 0 unspecified atom stereocenters. The number of nitrogens with zero attached hydrogens (tertiary/aromatic N) is 1. The SMILES string of the molecule is CC(C)CN(CCC(=O)O)c1ccc(F)c(F)c1. The Morgan fingerprint density at radius 1 is 1.33 bits per heavy atom. The van der Waals surface area contributed by atoms with Crippen molar-refractivity contribution in [2.24, 2.45) is 5.92 Å². The number of carbonyl (C=O) groups is 1. The van der Waals surface area contributed by atoms with Crippen molar-refractivity contribution in [2.45, 2.75) is 20.3 Å². The molecular formula is C13H17F2NO2. The highest BCUT2D eigenvalue weighted by molar-refractivity contribution is 5.67. The lowest BCUT2D eigenvalue weighted by Gasteiger charge is -2.26. The summed E-state index contributed by atoms with van der Waals surface area (Å²) in [7, 11) is 0. The lowest BCUT2D eigenvalue weighted by atomic mass is 10.1. The van der Waals surface area contributed by atoms with E-state index in [2.05, 4.69) is 0 Å². The lowest BCUT2D eigenvalue weighted by Crippen LogP contribution is -2.30. The number of carboxylic acids is 1. The van der Waals surface area contributed by atoms with E-state index >= 15 is 0 Å². The van der Waals surface area contributed by atoms with Crippen LogP contribution in [-0.2, 0) is 4.79 Å². The molecule has 100 valence electrons. The van der Waals surface area contributed by atoms with E-state index in [9.17, 15) is 13.6 Å². The van der Waals surface area contributed by atoms with Gasteiger partial charge in [0.25, 0.3) is 0 Å². The van der Waals surface area contributed by atoms with Crippen LogP contribution in [0.5, 0.6) is 0 Å². The number of halogens is 2. The second-order valence-corrected chi connectivity index (χ2v) is 4.58. The van der Waals surface area contributed by atoms with Crippen LogP contribution in [0, 0.1) is 17.6 Å². The van der Waals surface area contributed by atoms with Crippen LogP contribution >= 0.6 is 0 Å². The predicted molar refractivity (Wildman–Crippen MR) is 65.7 cm³/mol. The van der Waals surface area contributed by atoms with E-state index in [1.54, 1.807) is 4.90 Å². The van der Waals surface area contributed by atoms with E-state index in [0.717, 1.165) is 12.1 Å². The third-order valence-corrected chi connectivity index (χ3v) is 2.45. The Labute approximate surface area is 105 Å². The van der Waals surface area contributed by atoms with E-state index in [1.807, 2.05) is 13.8 Å². The second kappa shape index (κ2) is 6.33. The summed E-state index contributed by atoms with van der Waals surface area (Å²) in [6, 6.07) is 3.61. The first-order chi connectivity index (χ1) is 8.40. The molecule has 0 radical (unpaired) electrons. The third kappa shape index (κ3) is 4.31. The fourth-order valence-corrected chi connectivity index (χ4v) is 1.68. The summed E-state index contributed by atoms with van der Waals surface area (Å²) in [5.74, 6) is -2.43. The van der Waals surface area contributed by atoms with E-state index < -0.39 is 17.6 Å². The minimum atomic E-state index is -0.920. The molecule has 1 aromatic carbocycles. The molecule has 0 aliphatic heterocycles. The molecular weight excluding hydrogens is 240 g/mol. The molecule has 1 rings (SSSR count). The van der Waals surface area contributed by atoms with Crippen LogP contribution in [0.3, 0.4) is 0 Å². The zero-order valence-electron chi connectivity index (χ0n) is 10.5. The van der Waals surface area contributed by atoms with Crippen molar-refractivity contribution in [1.82, 2.24) is 0 Å². The zero-order valence-corrected chi connectivity index (χ0v) is 10.5. The monoisotopic (exact) mass is 257 g/mol. The quantitative estimate of drug-likeness (QED) is 0.851. The van der Waals surface area contributed by atoms with Gasteiger partial charge in [0.2, 0.25) is 0 Å². The average Bonchev–Trinajstić information content (AvgIpc) is 2.27. The number of anilines is 1. The maximum atomic E-state index is 13.2. The standard InChI is InChI=1S/C13H17F2NO2/c1-9(2)8-16(6-5-13(17)18)10-3-4-11(14)12(15)7-10/h3-4,7,9H,5-6,8H2,1-2H3,(H,17,18). The second-order valence-electron chi connectivity index (χ2n) is 4.58. The molecule has 0 bridgehead atoms. The van der Waals surface area contributed by atoms with Gasteiger partial charge in [0.1, 0.15) is 0 Å². The molecule has 0 aliphatic carbocycles. The number of carboxylic acid groups (broad SMARTS) is 1. The summed E-state index contributed by atoms with van der Waals surface area (Å²) in [6.45, 7) is 4.83. The molecule has 0 aromatic heterocycles. The van der Waals surface area contributed by atoms with Crippen molar-refractivity contribution in [3.8, 4) is 0 Å². The normalized spacial score (nSPS) is 10.7. The van der Waals surface area contributed by atoms with Crippen molar-refractivity contribution >= 4 is 11.7 Å². The molecule has 0 fully saturated rings. The number of benzene rings is 1. The number of hydrogen-bond acceptors (Lipinski definition) is 2. The average molecular weight is 257 g/mol. The van der Waals surface area contributed by atoms with Gasteiger partial charge in [0.05, 0.1) is 6.42 Å².